The molecule has 6 nitrogen and oxygen atoms in total. The minimum absolute atomic E-state index is 0.0146. The number of benzene rings is 1. The molecule has 3 rings (SSSR count). The number of aliphatic carboxylic acids is 1. The first kappa shape index (κ1) is 17.2. The summed E-state index contributed by atoms with van der Waals surface area (Å²) in [5.74, 6) is 0.111. The number of aromatic nitrogens is 1. The van der Waals surface area contributed by atoms with Gasteiger partial charge in [-0.05, 0) is 19.3 Å². The lowest BCUT2D eigenvalue weighted by molar-refractivity contribution is -0.145. The molecular weight excluding hydrogens is 320 g/mol. The van der Waals surface area contributed by atoms with Gasteiger partial charge in [-0.2, -0.15) is 0 Å². The van der Waals surface area contributed by atoms with Gasteiger partial charge in [0.05, 0.1) is 12.1 Å². The molecule has 0 saturated carbocycles. The van der Waals surface area contributed by atoms with Gasteiger partial charge >= 0.3 is 5.97 Å². The maximum absolute atomic E-state index is 12.3. The van der Waals surface area contributed by atoms with E-state index in [0.717, 1.165) is 17.7 Å². The lowest BCUT2D eigenvalue weighted by Crippen LogP contribution is -2.42. The molecule has 1 amide bonds. The van der Waals surface area contributed by atoms with Crippen LogP contribution in [-0.2, 0) is 16.0 Å². The summed E-state index contributed by atoms with van der Waals surface area (Å²) >= 11 is 0. The number of carboxylic acids is 1. The number of oxazole rings is 1. The number of rotatable bonds is 6. The highest BCUT2D eigenvalue weighted by Crippen LogP contribution is 2.21. The lowest BCUT2D eigenvalue weighted by atomic mass is 9.98. The number of aryl methyl sites for hydroxylation is 1. The Kier molecular flexibility index (Phi) is 5.48. The van der Waals surface area contributed by atoms with E-state index in [0.29, 0.717) is 44.7 Å². The second-order valence-electron chi connectivity index (χ2n) is 6.35. The number of carboxylic acid groups (broad SMARTS) is 1. The fraction of sp³-hybridized carbons (Fsp3) is 0.421. The van der Waals surface area contributed by atoms with Gasteiger partial charge in [0.15, 0.2) is 11.7 Å². The summed E-state index contributed by atoms with van der Waals surface area (Å²) in [6.07, 6.45) is 4.72. The van der Waals surface area contributed by atoms with Gasteiger partial charge in [0.2, 0.25) is 5.91 Å². The maximum Gasteiger partial charge on any atom is 0.308 e. The topological polar surface area (TPSA) is 83.6 Å². The van der Waals surface area contributed by atoms with Crippen molar-refractivity contribution in [1.82, 2.24) is 9.88 Å². The van der Waals surface area contributed by atoms with E-state index >= 15 is 0 Å². The summed E-state index contributed by atoms with van der Waals surface area (Å²) in [6.45, 7) is 0.977. The van der Waals surface area contributed by atoms with Crippen molar-refractivity contribution < 1.29 is 19.1 Å². The first-order chi connectivity index (χ1) is 12.1. The van der Waals surface area contributed by atoms with Crippen LogP contribution in [0.5, 0.6) is 0 Å². The number of hydrogen-bond donors (Lipinski definition) is 1. The Bertz CT molecular complexity index is 726. The van der Waals surface area contributed by atoms with Crippen molar-refractivity contribution in [1.29, 1.82) is 0 Å². The van der Waals surface area contributed by atoms with Crippen molar-refractivity contribution in [3.05, 3.63) is 42.4 Å². The van der Waals surface area contributed by atoms with E-state index in [1.807, 2.05) is 30.3 Å². The monoisotopic (exact) mass is 342 g/mol. The summed E-state index contributed by atoms with van der Waals surface area (Å²) in [4.78, 5) is 29.3. The van der Waals surface area contributed by atoms with E-state index in [-0.39, 0.29) is 5.91 Å². The van der Waals surface area contributed by atoms with Gasteiger partial charge < -0.3 is 14.4 Å². The van der Waals surface area contributed by atoms with Crippen molar-refractivity contribution in [2.45, 2.75) is 32.1 Å². The fourth-order valence-electron chi connectivity index (χ4n) is 3.12. The zero-order chi connectivity index (χ0) is 17.6. The fourth-order valence-corrected chi connectivity index (χ4v) is 3.12. The average Bonchev–Trinajstić information content (AvgIpc) is 3.11. The Balaban J connectivity index is 1.47. The van der Waals surface area contributed by atoms with Crippen LogP contribution in [0, 0.1) is 5.92 Å². The minimum Gasteiger partial charge on any atom is -0.481 e. The van der Waals surface area contributed by atoms with Gasteiger partial charge in [-0.3, -0.25) is 9.59 Å². The Morgan fingerprint density at radius 3 is 2.84 bits per heavy atom. The predicted octanol–water partition coefficient (Wildman–Crippen LogP) is 2.99. The van der Waals surface area contributed by atoms with Crippen LogP contribution >= 0.6 is 0 Å². The van der Waals surface area contributed by atoms with E-state index in [1.165, 1.54) is 0 Å². The SMILES string of the molecule is O=C(O)C1CCCN(C(=O)CCCc2ncc(-c3ccccc3)o2)C1. The van der Waals surface area contributed by atoms with Crippen LogP contribution in [0.3, 0.4) is 0 Å². The summed E-state index contributed by atoms with van der Waals surface area (Å²) < 4.78 is 5.73. The van der Waals surface area contributed by atoms with Crippen molar-refractivity contribution in [3.63, 3.8) is 0 Å². The highest BCUT2D eigenvalue weighted by molar-refractivity contribution is 5.78. The van der Waals surface area contributed by atoms with Crippen LogP contribution in [0.4, 0.5) is 0 Å². The minimum atomic E-state index is -0.814. The molecule has 2 heterocycles. The van der Waals surface area contributed by atoms with Gasteiger partial charge in [-0.15, -0.1) is 0 Å². The maximum atomic E-state index is 12.3. The first-order valence-electron chi connectivity index (χ1n) is 8.64. The Hall–Kier alpha value is -2.63. The van der Waals surface area contributed by atoms with Gasteiger partial charge in [0, 0.05) is 31.5 Å². The second kappa shape index (κ2) is 7.96. The van der Waals surface area contributed by atoms with E-state index in [9.17, 15) is 9.59 Å². The molecule has 1 unspecified atom stereocenters. The zero-order valence-electron chi connectivity index (χ0n) is 14.1. The van der Waals surface area contributed by atoms with Gasteiger partial charge in [0.1, 0.15) is 0 Å². The summed E-state index contributed by atoms with van der Waals surface area (Å²) in [7, 11) is 0. The number of carbonyl (C=O) groups is 2. The molecule has 0 radical (unpaired) electrons. The second-order valence-corrected chi connectivity index (χ2v) is 6.35. The number of carbonyl (C=O) groups excluding carboxylic acids is 1. The Morgan fingerprint density at radius 2 is 2.08 bits per heavy atom. The number of amides is 1. The van der Waals surface area contributed by atoms with E-state index in [4.69, 9.17) is 9.52 Å². The summed E-state index contributed by atoms with van der Waals surface area (Å²) in [5, 5.41) is 9.10. The van der Waals surface area contributed by atoms with Gasteiger partial charge in [-0.1, -0.05) is 30.3 Å². The van der Waals surface area contributed by atoms with E-state index in [2.05, 4.69) is 4.98 Å². The van der Waals surface area contributed by atoms with Crippen LogP contribution in [0.2, 0.25) is 0 Å². The van der Waals surface area contributed by atoms with Crippen LogP contribution in [0.1, 0.15) is 31.6 Å². The molecule has 6 heteroatoms. The molecule has 2 aromatic rings. The van der Waals surface area contributed by atoms with Crippen molar-refractivity contribution >= 4 is 11.9 Å². The van der Waals surface area contributed by atoms with Crippen molar-refractivity contribution in [3.8, 4) is 11.3 Å². The van der Waals surface area contributed by atoms with Gasteiger partial charge in [-0.25, -0.2) is 4.98 Å². The van der Waals surface area contributed by atoms with Crippen LogP contribution in [0.15, 0.2) is 40.9 Å². The highest BCUT2D eigenvalue weighted by atomic mass is 16.4. The number of likely N-dealkylation sites (tertiary alicyclic amines) is 1. The molecule has 1 N–H and O–H groups in total. The predicted molar refractivity (Wildman–Crippen MR) is 91.8 cm³/mol. The highest BCUT2D eigenvalue weighted by Gasteiger charge is 2.27. The largest absolute Gasteiger partial charge is 0.481 e. The van der Waals surface area contributed by atoms with Crippen molar-refractivity contribution in [2.75, 3.05) is 13.1 Å². The summed E-state index contributed by atoms with van der Waals surface area (Å²) in [6, 6.07) is 9.76. The third kappa shape index (κ3) is 4.47. The first-order valence-corrected chi connectivity index (χ1v) is 8.64. The molecule has 1 aromatic carbocycles. The van der Waals surface area contributed by atoms with Crippen LogP contribution in [0.25, 0.3) is 11.3 Å². The molecule has 0 aliphatic carbocycles. The number of hydrogen-bond acceptors (Lipinski definition) is 4. The molecule has 1 fully saturated rings. The van der Waals surface area contributed by atoms with Gasteiger partial charge in [0.25, 0.3) is 0 Å². The Morgan fingerprint density at radius 1 is 1.28 bits per heavy atom. The Labute approximate surface area is 146 Å². The molecule has 1 atom stereocenters. The molecule has 1 saturated heterocycles. The standard InChI is InChI=1S/C19H22N2O4/c22-18(21-11-5-8-15(13-21)19(23)24)10-4-9-17-20-12-16(25-17)14-6-2-1-3-7-14/h1-3,6-7,12,15H,4-5,8-11,13H2,(H,23,24). The molecule has 0 bridgehead atoms. The smallest absolute Gasteiger partial charge is 0.308 e. The molecule has 0 spiro atoms. The van der Waals surface area contributed by atoms with Crippen LogP contribution in [-0.4, -0.2) is 40.0 Å². The van der Waals surface area contributed by atoms with Crippen LogP contribution < -0.4 is 0 Å². The lowest BCUT2D eigenvalue weighted by Gasteiger charge is -2.30. The zero-order valence-corrected chi connectivity index (χ0v) is 14.1. The molecule has 132 valence electrons. The average molecular weight is 342 g/mol. The summed E-state index contributed by atoms with van der Waals surface area (Å²) in [5.41, 5.74) is 0.977. The third-order valence-corrected chi connectivity index (χ3v) is 4.52. The molecule has 1 aromatic heterocycles. The number of piperidine rings is 1. The molecule has 25 heavy (non-hydrogen) atoms. The van der Waals surface area contributed by atoms with E-state index in [1.54, 1.807) is 11.1 Å². The number of nitrogens with zero attached hydrogens (tertiary/aromatic N) is 2. The third-order valence-electron chi connectivity index (χ3n) is 4.52. The van der Waals surface area contributed by atoms with Crippen molar-refractivity contribution in [2.24, 2.45) is 5.92 Å². The quantitative estimate of drug-likeness (QED) is 0.872. The normalized spacial score (nSPS) is 17.4. The molecular formula is C19H22N2O4. The molecule has 1 aliphatic heterocycles. The van der Waals surface area contributed by atoms with E-state index < -0.39 is 11.9 Å². The molecule has 1 aliphatic rings.